The van der Waals surface area contributed by atoms with Crippen molar-refractivity contribution < 1.29 is 5.11 Å². The van der Waals surface area contributed by atoms with Crippen molar-refractivity contribution in [2.45, 2.75) is 38.2 Å². The molecule has 14 heavy (non-hydrogen) atoms. The number of aliphatic hydroxyl groups is 1. The molecular formula is C13H18O. The standard InChI is InChI=1S/C13H18O/c14-13-8-6-12(7-9-13)10-11-4-2-1-3-5-11/h1-5,12-14H,6-10H2/t12-,13-. The van der Waals surface area contributed by atoms with E-state index in [2.05, 4.69) is 30.3 Å². The van der Waals surface area contributed by atoms with Gasteiger partial charge in [-0.1, -0.05) is 30.3 Å². The van der Waals surface area contributed by atoms with Crippen LogP contribution >= 0.6 is 0 Å². The molecule has 76 valence electrons. The van der Waals surface area contributed by atoms with Crippen molar-refractivity contribution in [2.24, 2.45) is 5.92 Å². The van der Waals surface area contributed by atoms with E-state index in [0.717, 1.165) is 18.8 Å². The first kappa shape index (κ1) is 9.72. The summed E-state index contributed by atoms with van der Waals surface area (Å²) in [7, 11) is 0. The zero-order valence-electron chi connectivity index (χ0n) is 8.52. The van der Waals surface area contributed by atoms with Crippen LogP contribution in [0.3, 0.4) is 0 Å². The molecule has 0 heterocycles. The average Bonchev–Trinajstić information content (AvgIpc) is 2.23. The summed E-state index contributed by atoms with van der Waals surface area (Å²) >= 11 is 0. The summed E-state index contributed by atoms with van der Waals surface area (Å²) < 4.78 is 0. The monoisotopic (exact) mass is 190 g/mol. The fourth-order valence-corrected chi connectivity index (χ4v) is 2.30. The number of benzene rings is 1. The predicted octanol–water partition coefficient (Wildman–Crippen LogP) is 2.78. The Morgan fingerprint density at radius 2 is 1.64 bits per heavy atom. The fraction of sp³-hybridized carbons (Fsp3) is 0.538. The van der Waals surface area contributed by atoms with Crippen molar-refractivity contribution in [3.05, 3.63) is 35.9 Å². The minimum atomic E-state index is -0.0259. The van der Waals surface area contributed by atoms with Crippen LogP contribution in [0.1, 0.15) is 31.2 Å². The van der Waals surface area contributed by atoms with Gasteiger partial charge in [-0.3, -0.25) is 0 Å². The molecule has 0 aliphatic heterocycles. The SMILES string of the molecule is O[C@H]1CC[C@H](Cc2ccccc2)CC1. The topological polar surface area (TPSA) is 20.2 Å². The van der Waals surface area contributed by atoms with Crippen LogP contribution in [0.5, 0.6) is 0 Å². The second kappa shape index (κ2) is 4.61. The van der Waals surface area contributed by atoms with Gasteiger partial charge in [-0.25, -0.2) is 0 Å². The molecule has 1 aliphatic carbocycles. The third-order valence-corrected chi connectivity index (χ3v) is 3.18. The molecular weight excluding hydrogens is 172 g/mol. The van der Waals surface area contributed by atoms with Crippen molar-refractivity contribution in [3.8, 4) is 0 Å². The molecule has 1 nitrogen and oxygen atoms in total. The van der Waals surface area contributed by atoms with Gasteiger partial charge in [0.1, 0.15) is 0 Å². The Labute approximate surface area is 85.8 Å². The normalized spacial score (nSPS) is 27.5. The highest BCUT2D eigenvalue weighted by atomic mass is 16.3. The molecule has 1 heteroatoms. The maximum atomic E-state index is 9.39. The van der Waals surface area contributed by atoms with Gasteiger partial charge in [0.2, 0.25) is 0 Å². The molecule has 0 bridgehead atoms. The van der Waals surface area contributed by atoms with E-state index >= 15 is 0 Å². The summed E-state index contributed by atoms with van der Waals surface area (Å²) in [6.07, 6.45) is 5.54. The van der Waals surface area contributed by atoms with Gasteiger partial charge in [0.15, 0.2) is 0 Å². The first-order chi connectivity index (χ1) is 6.84. The van der Waals surface area contributed by atoms with Gasteiger partial charge < -0.3 is 5.11 Å². The van der Waals surface area contributed by atoms with Crippen LogP contribution in [0.4, 0.5) is 0 Å². The Bertz CT molecular complexity index is 260. The average molecular weight is 190 g/mol. The van der Waals surface area contributed by atoms with Crippen LogP contribution < -0.4 is 0 Å². The van der Waals surface area contributed by atoms with E-state index in [0.29, 0.717) is 0 Å². The Hall–Kier alpha value is -0.820. The Morgan fingerprint density at radius 1 is 1.00 bits per heavy atom. The highest BCUT2D eigenvalue weighted by Crippen LogP contribution is 2.26. The summed E-state index contributed by atoms with van der Waals surface area (Å²) in [4.78, 5) is 0. The van der Waals surface area contributed by atoms with Crippen LogP contribution in [0.15, 0.2) is 30.3 Å². The van der Waals surface area contributed by atoms with E-state index in [1.165, 1.54) is 24.8 Å². The lowest BCUT2D eigenvalue weighted by atomic mass is 9.83. The molecule has 0 unspecified atom stereocenters. The van der Waals surface area contributed by atoms with E-state index in [1.54, 1.807) is 0 Å². The molecule has 0 amide bonds. The summed E-state index contributed by atoms with van der Waals surface area (Å²) in [6.45, 7) is 0. The van der Waals surface area contributed by atoms with Crippen LogP contribution in [-0.4, -0.2) is 11.2 Å². The second-order valence-electron chi connectivity index (χ2n) is 4.36. The van der Waals surface area contributed by atoms with Crippen molar-refractivity contribution in [1.29, 1.82) is 0 Å². The van der Waals surface area contributed by atoms with E-state index in [9.17, 15) is 5.11 Å². The highest BCUT2D eigenvalue weighted by molar-refractivity contribution is 5.15. The van der Waals surface area contributed by atoms with E-state index < -0.39 is 0 Å². The number of rotatable bonds is 2. The number of hydrogen-bond donors (Lipinski definition) is 1. The van der Waals surface area contributed by atoms with Gasteiger partial charge in [0.25, 0.3) is 0 Å². The Morgan fingerprint density at radius 3 is 2.29 bits per heavy atom. The minimum absolute atomic E-state index is 0.0259. The van der Waals surface area contributed by atoms with Gasteiger partial charge in [-0.15, -0.1) is 0 Å². The summed E-state index contributed by atoms with van der Waals surface area (Å²) in [5.41, 5.74) is 1.44. The molecule has 1 fully saturated rings. The fourth-order valence-electron chi connectivity index (χ4n) is 2.30. The van der Waals surface area contributed by atoms with Gasteiger partial charge in [-0.05, 0) is 43.6 Å². The molecule has 0 atom stereocenters. The Balaban J connectivity index is 1.87. The van der Waals surface area contributed by atoms with Gasteiger partial charge >= 0.3 is 0 Å². The number of aliphatic hydroxyl groups excluding tert-OH is 1. The molecule has 0 radical (unpaired) electrons. The first-order valence-corrected chi connectivity index (χ1v) is 5.56. The zero-order chi connectivity index (χ0) is 9.80. The van der Waals surface area contributed by atoms with Crippen molar-refractivity contribution in [2.75, 3.05) is 0 Å². The smallest absolute Gasteiger partial charge is 0.0540 e. The van der Waals surface area contributed by atoms with Crippen molar-refractivity contribution in [1.82, 2.24) is 0 Å². The lowest BCUT2D eigenvalue weighted by Crippen LogP contribution is -2.19. The van der Waals surface area contributed by atoms with Crippen LogP contribution in [0.25, 0.3) is 0 Å². The van der Waals surface area contributed by atoms with Crippen LogP contribution in [0.2, 0.25) is 0 Å². The molecule has 0 saturated heterocycles. The third-order valence-electron chi connectivity index (χ3n) is 3.18. The van der Waals surface area contributed by atoms with Crippen molar-refractivity contribution in [3.63, 3.8) is 0 Å². The molecule has 1 saturated carbocycles. The zero-order valence-corrected chi connectivity index (χ0v) is 8.52. The van der Waals surface area contributed by atoms with Gasteiger partial charge in [0.05, 0.1) is 6.10 Å². The van der Waals surface area contributed by atoms with Crippen LogP contribution in [-0.2, 0) is 6.42 Å². The lowest BCUT2D eigenvalue weighted by Gasteiger charge is -2.25. The molecule has 2 rings (SSSR count). The summed E-state index contributed by atoms with van der Waals surface area (Å²) in [5, 5.41) is 9.39. The van der Waals surface area contributed by atoms with Crippen LogP contribution in [0, 0.1) is 5.92 Å². The van der Waals surface area contributed by atoms with E-state index in [4.69, 9.17) is 0 Å². The first-order valence-electron chi connectivity index (χ1n) is 5.56. The second-order valence-corrected chi connectivity index (χ2v) is 4.36. The van der Waals surface area contributed by atoms with Gasteiger partial charge in [-0.2, -0.15) is 0 Å². The molecule has 1 aromatic carbocycles. The van der Waals surface area contributed by atoms with Crippen molar-refractivity contribution >= 4 is 0 Å². The Kier molecular flexibility index (Phi) is 3.20. The maximum absolute atomic E-state index is 9.39. The molecule has 1 aromatic rings. The predicted molar refractivity (Wildman–Crippen MR) is 58.1 cm³/mol. The largest absolute Gasteiger partial charge is 0.393 e. The third kappa shape index (κ3) is 2.58. The van der Waals surface area contributed by atoms with Gasteiger partial charge in [0, 0.05) is 0 Å². The quantitative estimate of drug-likeness (QED) is 0.760. The number of hydrogen-bond acceptors (Lipinski definition) is 1. The molecule has 0 spiro atoms. The molecule has 1 N–H and O–H groups in total. The molecule has 0 aromatic heterocycles. The minimum Gasteiger partial charge on any atom is -0.393 e. The maximum Gasteiger partial charge on any atom is 0.0540 e. The molecule has 1 aliphatic rings. The summed E-state index contributed by atoms with van der Waals surface area (Å²) in [6, 6.07) is 10.7. The lowest BCUT2D eigenvalue weighted by molar-refractivity contribution is 0.109. The highest BCUT2D eigenvalue weighted by Gasteiger charge is 2.19. The van der Waals surface area contributed by atoms with E-state index in [1.807, 2.05) is 0 Å². The van der Waals surface area contributed by atoms with E-state index in [-0.39, 0.29) is 6.10 Å². The summed E-state index contributed by atoms with van der Waals surface area (Å²) in [5.74, 6) is 0.792.